The molecule has 10 heavy (non-hydrogen) atoms. The molecule has 0 aromatic heterocycles. The van der Waals surface area contributed by atoms with E-state index in [0.717, 1.165) is 6.42 Å². The molecule has 0 saturated carbocycles. The molecule has 0 atom stereocenters. The quantitative estimate of drug-likeness (QED) is 0.363. The van der Waals surface area contributed by atoms with E-state index in [4.69, 9.17) is 0 Å². The lowest BCUT2D eigenvalue weighted by atomic mass is 10.5. The molecule has 0 aliphatic carbocycles. The molecule has 2 nitrogen and oxygen atoms in total. The van der Waals surface area contributed by atoms with Crippen molar-refractivity contribution in [3.05, 3.63) is 0 Å². The third-order valence-corrected chi connectivity index (χ3v) is 1.26. The van der Waals surface area contributed by atoms with Gasteiger partial charge >= 0.3 is 5.97 Å². The zero-order valence-corrected chi connectivity index (χ0v) is 8.26. The predicted molar refractivity (Wildman–Crippen MR) is 50.9 cm³/mol. The second-order valence-electron chi connectivity index (χ2n) is 1.77. The molecule has 60 valence electrons. The monoisotopic (exact) mass is 198 g/mol. The molecule has 0 aromatic carbocycles. The van der Waals surface area contributed by atoms with Gasteiger partial charge in [0.05, 0.1) is 6.61 Å². The van der Waals surface area contributed by atoms with Crippen LogP contribution in [-0.4, -0.2) is 16.0 Å². The van der Waals surface area contributed by atoms with Crippen LogP contribution in [0.25, 0.3) is 0 Å². The zero-order valence-electron chi connectivity index (χ0n) is 5.57. The Morgan fingerprint density at radius 1 is 1.50 bits per heavy atom. The maximum atomic E-state index is 10.8. The lowest BCUT2D eigenvalue weighted by Gasteiger charge is -2.12. The molecule has 0 unspecified atom stereocenters. The lowest BCUT2D eigenvalue weighted by molar-refractivity contribution is -0.141. The van der Waals surface area contributed by atoms with Crippen LogP contribution in [0.4, 0.5) is 0 Å². The van der Waals surface area contributed by atoms with E-state index in [2.05, 4.69) is 42.6 Å². The van der Waals surface area contributed by atoms with Gasteiger partial charge in [0, 0.05) is 0 Å². The maximum absolute atomic E-state index is 10.8. The van der Waals surface area contributed by atoms with Gasteiger partial charge in [-0.25, -0.2) is 4.79 Å². The minimum Gasteiger partial charge on any atom is -0.463 e. The van der Waals surface area contributed by atoms with Gasteiger partial charge in [-0.2, -0.15) is 0 Å². The maximum Gasteiger partial charge on any atom is 0.342 e. The summed E-state index contributed by atoms with van der Waals surface area (Å²) in [5.74, 6) is -0.524. The molecular weight excluding hydrogens is 188 g/mol. The summed E-state index contributed by atoms with van der Waals surface area (Å²) in [6.45, 7) is 2.30. The molecule has 0 radical (unpaired) electrons. The summed E-state index contributed by atoms with van der Waals surface area (Å²) in [6.07, 6.45) is 0.789. The summed E-state index contributed by atoms with van der Waals surface area (Å²) >= 11 is 11.3. The summed E-state index contributed by atoms with van der Waals surface area (Å²) < 4.78 is 3.42. The Morgan fingerprint density at radius 2 is 2.00 bits per heavy atom. The first-order valence-electron chi connectivity index (χ1n) is 2.82. The third-order valence-electron chi connectivity index (χ3n) is 0.711. The number of hydrogen-bond donors (Lipinski definition) is 3. The number of carbonyl (C=O) groups excluding carboxylic acids is 1. The Labute approximate surface area is 76.9 Å². The van der Waals surface area contributed by atoms with Crippen LogP contribution in [0.3, 0.4) is 0 Å². The Kier molecular flexibility index (Phi) is 4.64. The highest BCUT2D eigenvalue weighted by Gasteiger charge is 2.26. The van der Waals surface area contributed by atoms with Crippen molar-refractivity contribution < 1.29 is 9.53 Å². The molecule has 0 N–H and O–H groups in total. The van der Waals surface area contributed by atoms with Crippen molar-refractivity contribution >= 4 is 43.9 Å². The van der Waals surface area contributed by atoms with Gasteiger partial charge in [0.15, 0.2) is 3.41 Å². The number of hydrogen-bond acceptors (Lipinski definition) is 5. The molecule has 0 rings (SSSR count). The average molecular weight is 198 g/mol. The van der Waals surface area contributed by atoms with Crippen LogP contribution < -0.4 is 0 Å². The Morgan fingerprint density at radius 3 is 2.30 bits per heavy atom. The van der Waals surface area contributed by atoms with Crippen LogP contribution in [0.15, 0.2) is 0 Å². The molecule has 0 aromatic rings. The second kappa shape index (κ2) is 4.41. The molecule has 5 heteroatoms. The first kappa shape index (κ1) is 10.5. The van der Waals surface area contributed by atoms with Gasteiger partial charge < -0.3 is 4.74 Å². The minimum absolute atomic E-state index is 0.391. The van der Waals surface area contributed by atoms with E-state index >= 15 is 0 Å². The van der Waals surface area contributed by atoms with E-state index in [1.165, 1.54) is 0 Å². The van der Waals surface area contributed by atoms with Crippen molar-refractivity contribution in [2.24, 2.45) is 0 Å². The molecular formula is C5H10O2S3. The first-order valence-corrected chi connectivity index (χ1v) is 4.17. The molecule has 0 spiro atoms. The van der Waals surface area contributed by atoms with Gasteiger partial charge in [0.1, 0.15) is 0 Å². The van der Waals surface area contributed by atoms with Gasteiger partial charge in [-0.15, -0.1) is 37.9 Å². The summed E-state index contributed by atoms with van der Waals surface area (Å²) in [4.78, 5) is 10.8. The Hall–Kier alpha value is 0.520. The van der Waals surface area contributed by atoms with Crippen molar-refractivity contribution in [3.63, 3.8) is 0 Å². The smallest absolute Gasteiger partial charge is 0.342 e. The second-order valence-corrected chi connectivity index (χ2v) is 4.84. The van der Waals surface area contributed by atoms with Crippen LogP contribution in [0.5, 0.6) is 0 Å². The Bertz CT molecular complexity index is 119. The topological polar surface area (TPSA) is 26.3 Å². The Balaban J connectivity index is 3.64. The van der Waals surface area contributed by atoms with E-state index in [0.29, 0.717) is 6.61 Å². The molecule has 0 amide bonds. The van der Waals surface area contributed by atoms with Crippen LogP contribution in [0, 0.1) is 0 Å². The van der Waals surface area contributed by atoms with Crippen molar-refractivity contribution in [1.29, 1.82) is 0 Å². The third kappa shape index (κ3) is 4.35. The average Bonchev–Trinajstić information content (AvgIpc) is 1.80. The number of rotatable bonds is 3. The van der Waals surface area contributed by atoms with Gasteiger partial charge in [-0.05, 0) is 6.42 Å². The van der Waals surface area contributed by atoms with Crippen LogP contribution in [0.2, 0.25) is 0 Å². The summed E-state index contributed by atoms with van der Waals surface area (Å²) in [5.41, 5.74) is 0. The van der Waals surface area contributed by atoms with Crippen molar-refractivity contribution in [3.8, 4) is 0 Å². The van der Waals surface area contributed by atoms with E-state index in [9.17, 15) is 4.79 Å². The van der Waals surface area contributed by atoms with E-state index in [1.54, 1.807) is 0 Å². The fraction of sp³-hybridized carbons (Fsp3) is 0.800. The van der Waals surface area contributed by atoms with Crippen molar-refractivity contribution in [2.75, 3.05) is 6.61 Å². The largest absolute Gasteiger partial charge is 0.463 e. The van der Waals surface area contributed by atoms with Gasteiger partial charge in [0.25, 0.3) is 0 Å². The van der Waals surface area contributed by atoms with Crippen molar-refractivity contribution in [2.45, 2.75) is 16.8 Å². The SMILES string of the molecule is CCCOC(=O)C(S)(S)S. The summed E-state index contributed by atoms with van der Waals surface area (Å²) in [5, 5.41) is 0. The highest BCUT2D eigenvalue weighted by Crippen LogP contribution is 2.25. The number of ether oxygens (including phenoxy) is 1. The molecule has 0 aliphatic rings. The highest BCUT2D eigenvalue weighted by molar-refractivity contribution is 8.18. The zero-order chi connectivity index (χ0) is 8.20. The van der Waals surface area contributed by atoms with E-state index in [-0.39, 0.29) is 0 Å². The minimum atomic E-state index is -1.27. The molecule has 0 fully saturated rings. The summed E-state index contributed by atoms with van der Waals surface area (Å²) in [7, 11) is 0. The number of carbonyl (C=O) groups is 1. The molecule has 0 heterocycles. The fourth-order valence-corrected chi connectivity index (χ4v) is 0.485. The molecule has 0 bridgehead atoms. The molecule has 0 aliphatic heterocycles. The van der Waals surface area contributed by atoms with Crippen molar-refractivity contribution in [1.82, 2.24) is 0 Å². The summed E-state index contributed by atoms with van der Waals surface area (Å²) in [6, 6.07) is 0. The van der Waals surface area contributed by atoms with Gasteiger partial charge in [0.2, 0.25) is 0 Å². The van der Waals surface area contributed by atoms with E-state index < -0.39 is 9.38 Å². The number of thiol groups is 3. The molecule has 0 saturated heterocycles. The van der Waals surface area contributed by atoms with Crippen LogP contribution >= 0.6 is 37.9 Å². The van der Waals surface area contributed by atoms with Gasteiger partial charge in [-0.3, -0.25) is 0 Å². The number of esters is 1. The highest BCUT2D eigenvalue weighted by atomic mass is 32.2. The predicted octanol–water partition coefficient (Wildman–Crippen LogP) is 1.38. The fourth-order valence-electron chi connectivity index (χ4n) is 0.292. The lowest BCUT2D eigenvalue weighted by Crippen LogP contribution is -2.22. The van der Waals surface area contributed by atoms with Crippen LogP contribution in [-0.2, 0) is 9.53 Å². The normalized spacial score (nSPS) is 11.2. The van der Waals surface area contributed by atoms with Crippen LogP contribution in [0.1, 0.15) is 13.3 Å². The first-order chi connectivity index (χ1) is 4.48. The van der Waals surface area contributed by atoms with E-state index in [1.807, 2.05) is 6.92 Å². The standard InChI is InChI=1S/C5H10O2S3/c1-2-3-7-4(6)5(8,9)10/h8-10H,2-3H2,1H3. The van der Waals surface area contributed by atoms with Gasteiger partial charge in [-0.1, -0.05) is 6.92 Å².